The van der Waals surface area contributed by atoms with E-state index in [0.29, 0.717) is 19.8 Å². The smallest absolute Gasteiger partial charge is 0.224 e. The van der Waals surface area contributed by atoms with Gasteiger partial charge in [0.1, 0.15) is 0 Å². The second kappa shape index (κ2) is 9.28. The number of carbonyl (C=O) groups is 1. The highest BCUT2D eigenvalue weighted by atomic mass is 16.7. The summed E-state index contributed by atoms with van der Waals surface area (Å²) in [5, 5.41) is 2.91. The Bertz CT molecular complexity index is 255. The molecule has 1 amide bonds. The Labute approximate surface area is 116 Å². The van der Waals surface area contributed by atoms with E-state index in [0.717, 1.165) is 25.7 Å². The lowest BCUT2D eigenvalue weighted by Crippen LogP contribution is -2.44. The summed E-state index contributed by atoms with van der Waals surface area (Å²) >= 11 is 0. The maximum atomic E-state index is 12.2. The van der Waals surface area contributed by atoms with Crippen molar-refractivity contribution in [2.45, 2.75) is 58.3 Å². The van der Waals surface area contributed by atoms with E-state index in [1.807, 2.05) is 13.8 Å². The zero-order valence-corrected chi connectivity index (χ0v) is 12.2. The Kier molecular flexibility index (Phi) is 8.02. The summed E-state index contributed by atoms with van der Waals surface area (Å²) in [6.45, 7) is 5.36. The van der Waals surface area contributed by atoms with Crippen molar-refractivity contribution >= 4 is 5.91 Å². The van der Waals surface area contributed by atoms with Crippen molar-refractivity contribution in [1.82, 2.24) is 5.32 Å². The largest absolute Gasteiger partial charge is 0.351 e. The molecule has 5 nitrogen and oxygen atoms in total. The Balaban J connectivity index is 2.39. The number of rotatable bonds is 7. The molecular formula is C14H28N2O3. The van der Waals surface area contributed by atoms with E-state index in [-0.39, 0.29) is 24.2 Å². The van der Waals surface area contributed by atoms with Crippen LogP contribution < -0.4 is 11.1 Å². The third kappa shape index (κ3) is 5.89. The Morgan fingerprint density at radius 3 is 2.47 bits per heavy atom. The number of hydrogen-bond donors (Lipinski definition) is 2. The van der Waals surface area contributed by atoms with Gasteiger partial charge in [-0.05, 0) is 26.7 Å². The SMILES string of the molecule is CCOC(CNC(=O)C1CCCCCC1N)OCC. The molecule has 0 aliphatic heterocycles. The van der Waals surface area contributed by atoms with Gasteiger partial charge in [0.05, 0.1) is 12.5 Å². The van der Waals surface area contributed by atoms with Crippen LogP contribution in [-0.4, -0.2) is 38.0 Å². The fourth-order valence-electron chi connectivity index (χ4n) is 2.51. The lowest BCUT2D eigenvalue weighted by molar-refractivity contribution is -0.142. The first-order valence-corrected chi connectivity index (χ1v) is 7.45. The fourth-order valence-corrected chi connectivity index (χ4v) is 2.51. The summed E-state index contributed by atoms with van der Waals surface area (Å²) in [6.07, 6.45) is 4.87. The van der Waals surface area contributed by atoms with Gasteiger partial charge in [-0.3, -0.25) is 4.79 Å². The van der Waals surface area contributed by atoms with Crippen LogP contribution in [0.5, 0.6) is 0 Å². The van der Waals surface area contributed by atoms with Gasteiger partial charge in [-0.1, -0.05) is 19.3 Å². The van der Waals surface area contributed by atoms with Crippen molar-refractivity contribution in [2.75, 3.05) is 19.8 Å². The minimum Gasteiger partial charge on any atom is -0.351 e. The average Bonchev–Trinajstić information content (AvgIpc) is 2.61. The molecule has 19 heavy (non-hydrogen) atoms. The first-order chi connectivity index (χ1) is 9.19. The minimum absolute atomic E-state index is 0.0138. The van der Waals surface area contributed by atoms with E-state index in [2.05, 4.69) is 5.32 Å². The molecule has 3 N–H and O–H groups in total. The number of amides is 1. The maximum absolute atomic E-state index is 12.2. The molecule has 0 spiro atoms. The molecule has 1 saturated carbocycles. The van der Waals surface area contributed by atoms with Crippen LogP contribution in [-0.2, 0) is 14.3 Å². The van der Waals surface area contributed by atoms with Crippen molar-refractivity contribution in [3.05, 3.63) is 0 Å². The van der Waals surface area contributed by atoms with Crippen LogP contribution in [0.3, 0.4) is 0 Å². The van der Waals surface area contributed by atoms with Gasteiger partial charge in [-0.25, -0.2) is 0 Å². The second-order valence-corrected chi connectivity index (χ2v) is 4.99. The van der Waals surface area contributed by atoms with Crippen molar-refractivity contribution in [3.63, 3.8) is 0 Å². The first kappa shape index (κ1) is 16.4. The van der Waals surface area contributed by atoms with E-state index in [9.17, 15) is 4.79 Å². The molecule has 2 unspecified atom stereocenters. The van der Waals surface area contributed by atoms with Crippen molar-refractivity contribution in [1.29, 1.82) is 0 Å². The van der Waals surface area contributed by atoms with E-state index >= 15 is 0 Å². The van der Waals surface area contributed by atoms with E-state index in [4.69, 9.17) is 15.2 Å². The summed E-state index contributed by atoms with van der Waals surface area (Å²) in [6, 6.07) is -0.0138. The van der Waals surface area contributed by atoms with E-state index in [1.54, 1.807) is 0 Å². The summed E-state index contributed by atoms with van der Waals surface area (Å²) in [4.78, 5) is 12.2. The number of nitrogens with one attached hydrogen (secondary N) is 1. The van der Waals surface area contributed by atoms with Gasteiger partial charge < -0.3 is 20.5 Å². The van der Waals surface area contributed by atoms with Crippen LogP contribution in [0.1, 0.15) is 46.0 Å². The first-order valence-electron chi connectivity index (χ1n) is 7.45. The molecule has 0 aromatic rings. The van der Waals surface area contributed by atoms with Crippen LogP contribution in [0.2, 0.25) is 0 Å². The van der Waals surface area contributed by atoms with Gasteiger partial charge in [0.2, 0.25) is 5.91 Å². The highest BCUT2D eigenvalue weighted by Crippen LogP contribution is 2.22. The highest BCUT2D eigenvalue weighted by molar-refractivity contribution is 5.79. The number of carbonyl (C=O) groups excluding carboxylic acids is 1. The summed E-state index contributed by atoms with van der Waals surface area (Å²) < 4.78 is 10.8. The van der Waals surface area contributed by atoms with Crippen molar-refractivity contribution in [3.8, 4) is 0 Å². The molecule has 0 bridgehead atoms. The second-order valence-electron chi connectivity index (χ2n) is 4.99. The quantitative estimate of drug-likeness (QED) is 0.543. The number of ether oxygens (including phenoxy) is 2. The lowest BCUT2D eigenvalue weighted by atomic mass is 9.94. The normalized spacial score (nSPS) is 24.2. The maximum Gasteiger partial charge on any atom is 0.224 e. The monoisotopic (exact) mass is 272 g/mol. The van der Waals surface area contributed by atoms with Crippen LogP contribution in [0.4, 0.5) is 0 Å². The molecule has 0 aromatic carbocycles. The number of nitrogens with two attached hydrogens (primary N) is 1. The van der Waals surface area contributed by atoms with Gasteiger partial charge in [0.15, 0.2) is 6.29 Å². The average molecular weight is 272 g/mol. The molecule has 0 heterocycles. The van der Waals surface area contributed by atoms with Gasteiger partial charge >= 0.3 is 0 Å². The molecule has 1 rings (SSSR count). The molecule has 1 fully saturated rings. The zero-order chi connectivity index (χ0) is 14.1. The van der Waals surface area contributed by atoms with E-state index < -0.39 is 0 Å². The molecule has 5 heteroatoms. The molecule has 2 atom stereocenters. The summed E-state index contributed by atoms with van der Waals surface area (Å²) in [7, 11) is 0. The molecule has 0 radical (unpaired) electrons. The Morgan fingerprint density at radius 2 is 1.84 bits per heavy atom. The molecule has 0 aromatic heterocycles. The van der Waals surface area contributed by atoms with Crippen LogP contribution in [0.15, 0.2) is 0 Å². The predicted molar refractivity (Wildman–Crippen MR) is 74.6 cm³/mol. The molecule has 1 aliphatic rings. The van der Waals surface area contributed by atoms with Crippen molar-refractivity contribution in [2.24, 2.45) is 11.7 Å². The predicted octanol–water partition coefficient (Wildman–Crippen LogP) is 1.41. The summed E-state index contributed by atoms with van der Waals surface area (Å²) in [5.41, 5.74) is 6.08. The Morgan fingerprint density at radius 1 is 1.21 bits per heavy atom. The van der Waals surface area contributed by atoms with Crippen LogP contribution in [0.25, 0.3) is 0 Å². The van der Waals surface area contributed by atoms with Gasteiger partial charge in [0.25, 0.3) is 0 Å². The fraction of sp³-hybridized carbons (Fsp3) is 0.929. The van der Waals surface area contributed by atoms with E-state index in [1.165, 1.54) is 6.42 Å². The zero-order valence-electron chi connectivity index (χ0n) is 12.2. The summed E-state index contributed by atoms with van der Waals surface area (Å²) in [5.74, 6) is -0.0230. The van der Waals surface area contributed by atoms with Gasteiger partial charge in [-0.2, -0.15) is 0 Å². The third-order valence-electron chi connectivity index (χ3n) is 3.55. The molecule has 0 saturated heterocycles. The standard InChI is InChI=1S/C14H28N2O3/c1-3-18-13(19-4-2)10-16-14(17)11-8-6-5-7-9-12(11)15/h11-13H,3-10,15H2,1-2H3,(H,16,17). The number of hydrogen-bond acceptors (Lipinski definition) is 4. The topological polar surface area (TPSA) is 73.6 Å². The molecular weight excluding hydrogens is 244 g/mol. The Hall–Kier alpha value is -0.650. The van der Waals surface area contributed by atoms with Crippen LogP contribution >= 0.6 is 0 Å². The third-order valence-corrected chi connectivity index (χ3v) is 3.55. The van der Waals surface area contributed by atoms with Gasteiger partial charge in [-0.15, -0.1) is 0 Å². The molecule has 112 valence electrons. The van der Waals surface area contributed by atoms with Gasteiger partial charge in [0, 0.05) is 19.3 Å². The lowest BCUT2D eigenvalue weighted by Gasteiger charge is -2.23. The molecule has 1 aliphatic carbocycles. The minimum atomic E-state index is -0.360. The van der Waals surface area contributed by atoms with Crippen LogP contribution in [0, 0.1) is 5.92 Å². The highest BCUT2D eigenvalue weighted by Gasteiger charge is 2.27. The van der Waals surface area contributed by atoms with Crippen molar-refractivity contribution < 1.29 is 14.3 Å².